The first-order chi connectivity index (χ1) is 14.5. The first-order valence-corrected chi connectivity index (χ1v) is 9.95. The van der Waals surface area contributed by atoms with E-state index in [-0.39, 0.29) is 24.9 Å². The summed E-state index contributed by atoms with van der Waals surface area (Å²) in [6.07, 6.45) is 3.53. The molecular weight excluding hydrogens is 408 g/mol. The van der Waals surface area contributed by atoms with Crippen molar-refractivity contribution >= 4 is 29.1 Å². The van der Waals surface area contributed by atoms with Gasteiger partial charge in [-0.15, -0.1) is 0 Å². The molecule has 158 valence electrons. The Hall–Kier alpha value is -3.26. The standard InChI is InChI=1S/C21H23ClN4O4/c1-3-29-17-7-5-14(9-18(17)30-4-2)21(28)24-11-20(27)23-10-16-13-26-12-15(22)6-8-19(26)25-16/h5-9,12-13H,3-4,10-11H2,1-2H3,(H,23,27)(H,24,28). The second kappa shape index (κ2) is 9.98. The Kier molecular flexibility index (Phi) is 7.13. The summed E-state index contributed by atoms with van der Waals surface area (Å²) in [7, 11) is 0. The maximum absolute atomic E-state index is 12.4. The molecule has 0 atom stereocenters. The van der Waals surface area contributed by atoms with Crippen molar-refractivity contribution in [1.29, 1.82) is 0 Å². The van der Waals surface area contributed by atoms with Crippen LogP contribution in [-0.2, 0) is 11.3 Å². The molecule has 3 aromatic rings. The lowest BCUT2D eigenvalue weighted by atomic mass is 10.2. The van der Waals surface area contributed by atoms with Crippen LogP contribution in [-0.4, -0.2) is 41.0 Å². The lowest BCUT2D eigenvalue weighted by Gasteiger charge is -2.12. The number of nitrogens with one attached hydrogen (secondary N) is 2. The van der Waals surface area contributed by atoms with Gasteiger partial charge in [0.05, 0.1) is 37.0 Å². The van der Waals surface area contributed by atoms with Gasteiger partial charge < -0.3 is 24.5 Å². The average molecular weight is 431 g/mol. The lowest BCUT2D eigenvalue weighted by Crippen LogP contribution is -2.36. The largest absolute Gasteiger partial charge is 0.490 e. The third-order valence-electron chi connectivity index (χ3n) is 4.15. The highest BCUT2D eigenvalue weighted by Crippen LogP contribution is 2.28. The molecule has 0 aliphatic carbocycles. The number of pyridine rings is 1. The Morgan fingerprint density at radius 3 is 2.57 bits per heavy atom. The molecular formula is C21H23ClN4O4. The van der Waals surface area contributed by atoms with Crippen molar-refractivity contribution in [2.45, 2.75) is 20.4 Å². The number of rotatable bonds is 9. The number of benzene rings is 1. The van der Waals surface area contributed by atoms with Crippen LogP contribution in [0, 0.1) is 0 Å². The van der Waals surface area contributed by atoms with Crippen LogP contribution in [0.1, 0.15) is 29.9 Å². The van der Waals surface area contributed by atoms with E-state index in [1.807, 2.05) is 13.8 Å². The van der Waals surface area contributed by atoms with E-state index in [4.69, 9.17) is 21.1 Å². The molecule has 0 spiro atoms. The predicted octanol–water partition coefficient (Wildman–Crippen LogP) is 2.83. The quantitative estimate of drug-likeness (QED) is 0.544. The number of fused-ring (bicyclic) bond motifs is 1. The fourth-order valence-electron chi connectivity index (χ4n) is 2.81. The van der Waals surface area contributed by atoms with Crippen molar-refractivity contribution in [3.8, 4) is 11.5 Å². The summed E-state index contributed by atoms with van der Waals surface area (Å²) < 4.78 is 12.8. The first-order valence-electron chi connectivity index (χ1n) is 9.57. The number of nitrogens with zero attached hydrogens (tertiary/aromatic N) is 2. The molecule has 0 bridgehead atoms. The van der Waals surface area contributed by atoms with E-state index < -0.39 is 0 Å². The normalized spacial score (nSPS) is 10.6. The van der Waals surface area contributed by atoms with Crippen LogP contribution < -0.4 is 20.1 Å². The molecule has 0 fully saturated rings. The smallest absolute Gasteiger partial charge is 0.251 e. The van der Waals surface area contributed by atoms with E-state index in [2.05, 4.69) is 15.6 Å². The number of hydrogen-bond donors (Lipinski definition) is 2. The molecule has 1 aromatic carbocycles. The fraction of sp³-hybridized carbons (Fsp3) is 0.286. The summed E-state index contributed by atoms with van der Waals surface area (Å²) in [5.41, 5.74) is 1.80. The van der Waals surface area contributed by atoms with Crippen molar-refractivity contribution in [3.05, 3.63) is 59.0 Å². The molecule has 9 heteroatoms. The number of halogens is 1. The van der Waals surface area contributed by atoms with E-state index in [0.717, 1.165) is 5.65 Å². The van der Waals surface area contributed by atoms with Crippen LogP contribution in [0.2, 0.25) is 5.02 Å². The van der Waals surface area contributed by atoms with Crippen LogP contribution >= 0.6 is 11.6 Å². The van der Waals surface area contributed by atoms with E-state index >= 15 is 0 Å². The SMILES string of the molecule is CCOc1ccc(C(=O)NCC(=O)NCc2cn3cc(Cl)ccc3n2)cc1OCC. The highest BCUT2D eigenvalue weighted by atomic mass is 35.5. The van der Waals surface area contributed by atoms with Crippen LogP contribution in [0.25, 0.3) is 5.65 Å². The van der Waals surface area contributed by atoms with Crippen LogP contribution in [0.5, 0.6) is 11.5 Å². The Balaban J connectivity index is 1.53. The third-order valence-corrected chi connectivity index (χ3v) is 4.37. The van der Waals surface area contributed by atoms with Gasteiger partial charge in [0.25, 0.3) is 5.91 Å². The zero-order valence-corrected chi connectivity index (χ0v) is 17.5. The van der Waals surface area contributed by atoms with E-state index in [1.165, 1.54) is 0 Å². The van der Waals surface area contributed by atoms with Crippen LogP contribution in [0.4, 0.5) is 0 Å². The summed E-state index contributed by atoms with van der Waals surface area (Å²) in [6.45, 7) is 4.75. The first kappa shape index (κ1) is 21.4. The molecule has 3 rings (SSSR count). The Morgan fingerprint density at radius 2 is 1.80 bits per heavy atom. The van der Waals surface area contributed by atoms with Crippen molar-refractivity contribution in [2.24, 2.45) is 0 Å². The number of carbonyl (C=O) groups is 2. The Labute approximate surface area is 179 Å². The number of ether oxygens (including phenoxy) is 2. The topological polar surface area (TPSA) is 94.0 Å². The summed E-state index contributed by atoms with van der Waals surface area (Å²) >= 11 is 5.96. The molecule has 0 saturated heterocycles. The molecule has 0 unspecified atom stereocenters. The zero-order chi connectivity index (χ0) is 21.5. The van der Waals surface area contributed by atoms with Gasteiger partial charge in [-0.25, -0.2) is 4.98 Å². The summed E-state index contributed by atoms with van der Waals surface area (Å²) in [5.74, 6) is 0.358. The van der Waals surface area contributed by atoms with Gasteiger partial charge in [-0.2, -0.15) is 0 Å². The van der Waals surface area contributed by atoms with Crippen molar-refractivity contribution in [3.63, 3.8) is 0 Å². The van der Waals surface area contributed by atoms with Gasteiger partial charge in [0.2, 0.25) is 5.91 Å². The number of aromatic nitrogens is 2. The van der Waals surface area contributed by atoms with Gasteiger partial charge in [0, 0.05) is 18.0 Å². The van der Waals surface area contributed by atoms with Gasteiger partial charge >= 0.3 is 0 Å². The number of hydrogen-bond acceptors (Lipinski definition) is 5. The molecule has 2 heterocycles. The van der Waals surface area contributed by atoms with Gasteiger partial charge in [-0.3, -0.25) is 9.59 Å². The summed E-state index contributed by atoms with van der Waals surface area (Å²) in [6, 6.07) is 8.45. The summed E-state index contributed by atoms with van der Waals surface area (Å²) in [5, 5.41) is 5.93. The molecule has 2 aromatic heterocycles. The van der Waals surface area contributed by atoms with Gasteiger partial charge in [0.1, 0.15) is 5.65 Å². The van der Waals surface area contributed by atoms with E-state index in [1.54, 1.807) is 47.1 Å². The number of carbonyl (C=O) groups excluding carboxylic acids is 2. The van der Waals surface area contributed by atoms with E-state index in [0.29, 0.717) is 41.0 Å². The van der Waals surface area contributed by atoms with Gasteiger partial charge in [-0.1, -0.05) is 11.6 Å². The molecule has 0 saturated carbocycles. The second-order valence-electron chi connectivity index (χ2n) is 6.33. The van der Waals surface area contributed by atoms with Crippen LogP contribution in [0.15, 0.2) is 42.7 Å². The summed E-state index contributed by atoms with van der Waals surface area (Å²) in [4.78, 5) is 28.9. The minimum absolute atomic E-state index is 0.158. The second-order valence-corrected chi connectivity index (χ2v) is 6.77. The highest BCUT2D eigenvalue weighted by Gasteiger charge is 2.13. The Bertz CT molecular complexity index is 1050. The van der Waals surface area contributed by atoms with Crippen molar-refractivity contribution in [1.82, 2.24) is 20.0 Å². The average Bonchev–Trinajstić information content (AvgIpc) is 3.14. The molecule has 2 amide bonds. The van der Waals surface area contributed by atoms with E-state index in [9.17, 15) is 9.59 Å². The molecule has 0 radical (unpaired) electrons. The molecule has 0 aliphatic heterocycles. The van der Waals surface area contributed by atoms with Crippen LogP contribution in [0.3, 0.4) is 0 Å². The number of amides is 2. The van der Waals surface area contributed by atoms with Gasteiger partial charge in [0.15, 0.2) is 11.5 Å². The molecule has 0 aliphatic rings. The molecule has 30 heavy (non-hydrogen) atoms. The maximum atomic E-state index is 12.4. The minimum atomic E-state index is -0.378. The number of imidazole rings is 1. The fourth-order valence-corrected chi connectivity index (χ4v) is 2.98. The lowest BCUT2D eigenvalue weighted by molar-refractivity contribution is -0.120. The minimum Gasteiger partial charge on any atom is -0.490 e. The van der Waals surface area contributed by atoms with Gasteiger partial charge in [-0.05, 0) is 44.2 Å². The highest BCUT2D eigenvalue weighted by molar-refractivity contribution is 6.30. The third kappa shape index (κ3) is 5.42. The maximum Gasteiger partial charge on any atom is 0.251 e. The van der Waals surface area contributed by atoms with Crippen molar-refractivity contribution in [2.75, 3.05) is 19.8 Å². The zero-order valence-electron chi connectivity index (χ0n) is 16.8. The predicted molar refractivity (Wildman–Crippen MR) is 113 cm³/mol. The molecule has 2 N–H and O–H groups in total. The Morgan fingerprint density at radius 1 is 1.03 bits per heavy atom. The monoisotopic (exact) mass is 430 g/mol. The van der Waals surface area contributed by atoms with Crippen molar-refractivity contribution < 1.29 is 19.1 Å². The molecule has 8 nitrogen and oxygen atoms in total.